The normalized spacial score (nSPS) is 18.6. The lowest BCUT2D eigenvalue weighted by molar-refractivity contribution is -0.250. The van der Waals surface area contributed by atoms with Gasteiger partial charge in [0.1, 0.15) is 0 Å². The number of nitrogens with zero attached hydrogens (tertiary/aromatic N) is 1. The van der Waals surface area contributed by atoms with Crippen molar-refractivity contribution in [1.29, 1.82) is 0 Å². The summed E-state index contributed by atoms with van der Waals surface area (Å²) in [6.45, 7) is 1.58. The second-order valence-electron chi connectivity index (χ2n) is 5.92. The topological polar surface area (TPSA) is 32.7 Å². The standard InChI is InChI=1S/C17H18ClF4NO2/c1-10(12-7-14(19)15(25-3)8-13(12)18)16(24,17(20,21)22)11-5-4-6-23(2)9-11/h4-5,7-10,24H,6H2,1-3H3. The highest BCUT2D eigenvalue weighted by Gasteiger charge is 2.59. The minimum absolute atomic E-state index is 0.123. The van der Waals surface area contributed by atoms with E-state index in [9.17, 15) is 22.7 Å². The van der Waals surface area contributed by atoms with Crippen LogP contribution in [-0.4, -0.2) is 42.5 Å². The molecule has 0 saturated carbocycles. The maximum Gasteiger partial charge on any atom is 0.422 e. The fourth-order valence-corrected chi connectivity index (χ4v) is 3.14. The lowest BCUT2D eigenvalue weighted by Gasteiger charge is -2.39. The second-order valence-corrected chi connectivity index (χ2v) is 6.33. The quantitative estimate of drug-likeness (QED) is 0.793. The fourth-order valence-electron chi connectivity index (χ4n) is 2.82. The number of benzene rings is 1. The summed E-state index contributed by atoms with van der Waals surface area (Å²) < 4.78 is 60.2. The Labute approximate surface area is 148 Å². The van der Waals surface area contributed by atoms with Crippen molar-refractivity contribution in [3.05, 3.63) is 52.5 Å². The van der Waals surface area contributed by atoms with Gasteiger partial charge in [0, 0.05) is 42.4 Å². The predicted octanol–water partition coefficient (Wildman–Crippen LogP) is 4.27. The first kappa shape index (κ1) is 19.6. The van der Waals surface area contributed by atoms with Gasteiger partial charge in [-0.15, -0.1) is 0 Å². The van der Waals surface area contributed by atoms with Gasteiger partial charge in [-0.1, -0.05) is 30.7 Å². The molecular weight excluding hydrogens is 362 g/mol. The molecule has 2 unspecified atom stereocenters. The SMILES string of the molecule is COc1cc(Cl)c(C(C)C(O)(C2=CN(C)CC=C2)C(F)(F)F)cc1F. The molecule has 0 amide bonds. The third-order valence-corrected chi connectivity index (χ3v) is 4.61. The lowest BCUT2D eigenvalue weighted by Crippen LogP contribution is -2.51. The molecule has 2 rings (SSSR count). The number of hydrogen-bond acceptors (Lipinski definition) is 3. The van der Waals surface area contributed by atoms with Gasteiger partial charge in [0.2, 0.25) is 0 Å². The Bertz CT molecular complexity index is 717. The van der Waals surface area contributed by atoms with E-state index in [1.807, 2.05) is 0 Å². The molecule has 1 N–H and O–H groups in total. The van der Waals surface area contributed by atoms with Gasteiger partial charge in [0.25, 0.3) is 0 Å². The summed E-state index contributed by atoms with van der Waals surface area (Å²) in [5.41, 5.74) is -3.74. The number of halogens is 5. The Hall–Kier alpha value is -1.73. The maximum atomic E-state index is 14.0. The third kappa shape index (κ3) is 3.48. The molecule has 0 aromatic heterocycles. The summed E-state index contributed by atoms with van der Waals surface area (Å²) in [6, 6.07) is 1.95. The highest BCUT2D eigenvalue weighted by molar-refractivity contribution is 6.31. The van der Waals surface area contributed by atoms with Crippen molar-refractivity contribution in [3.8, 4) is 5.75 Å². The smallest absolute Gasteiger partial charge is 0.422 e. The van der Waals surface area contributed by atoms with Crippen molar-refractivity contribution in [1.82, 2.24) is 4.90 Å². The van der Waals surface area contributed by atoms with Gasteiger partial charge in [0.05, 0.1) is 7.11 Å². The average Bonchev–Trinajstić information content (AvgIpc) is 2.54. The Morgan fingerprint density at radius 1 is 1.32 bits per heavy atom. The molecule has 8 heteroatoms. The summed E-state index contributed by atoms with van der Waals surface area (Å²) >= 11 is 6.03. The number of likely N-dealkylation sites (N-methyl/N-ethyl adjacent to an activating group) is 1. The van der Waals surface area contributed by atoms with E-state index in [1.165, 1.54) is 30.4 Å². The van der Waals surface area contributed by atoms with Crippen LogP contribution in [0.3, 0.4) is 0 Å². The fraction of sp³-hybridized carbons (Fsp3) is 0.412. The van der Waals surface area contributed by atoms with Crippen LogP contribution in [0.2, 0.25) is 5.02 Å². The second kappa shape index (κ2) is 6.88. The van der Waals surface area contributed by atoms with Crippen molar-refractivity contribution in [3.63, 3.8) is 0 Å². The van der Waals surface area contributed by atoms with Gasteiger partial charge in [-0.05, 0) is 11.6 Å². The van der Waals surface area contributed by atoms with Gasteiger partial charge in [-0.25, -0.2) is 4.39 Å². The summed E-state index contributed by atoms with van der Waals surface area (Å²) in [7, 11) is 2.81. The molecule has 0 bridgehead atoms. The predicted molar refractivity (Wildman–Crippen MR) is 87.2 cm³/mol. The lowest BCUT2D eigenvalue weighted by atomic mass is 9.77. The number of hydrogen-bond donors (Lipinski definition) is 1. The number of rotatable bonds is 4. The van der Waals surface area contributed by atoms with Crippen LogP contribution in [-0.2, 0) is 0 Å². The molecule has 1 aliphatic heterocycles. The molecule has 0 saturated heterocycles. The van der Waals surface area contributed by atoms with E-state index in [0.29, 0.717) is 6.54 Å². The van der Waals surface area contributed by atoms with Crippen LogP contribution in [0, 0.1) is 5.82 Å². The van der Waals surface area contributed by atoms with Crippen molar-refractivity contribution < 1.29 is 27.4 Å². The zero-order chi connectivity index (χ0) is 19.0. The number of methoxy groups -OCH3 is 1. The van der Waals surface area contributed by atoms with Crippen LogP contribution >= 0.6 is 11.6 Å². The van der Waals surface area contributed by atoms with E-state index in [1.54, 1.807) is 7.05 Å². The molecule has 1 aliphatic rings. The molecule has 1 aromatic rings. The van der Waals surface area contributed by atoms with Crippen molar-refractivity contribution >= 4 is 11.6 Å². The van der Waals surface area contributed by atoms with Crippen molar-refractivity contribution in [2.75, 3.05) is 20.7 Å². The monoisotopic (exact) mass is 379 g/mol. The summed E-state index contributed by atoms with van der Waals surface area (Å²) in [4.78, 5) is 1.51. The molecule has 0 fully saturated rings. The summed E-state index contributed by atoms with van der Waals surface area (Å²) in [5, 5.41) is 10.5. The van der Waals surface area contributed by atoms with Gasteiger partial charge in [-0.2, -0.15) is 13.2 Å². The van der Waals surface area contributed by atoms with E-state index in [2.05, 4.69) is 0 Å². The highest BCUT2D eigenvalue weighted by Crippen LogP contribution is 2.48. The van der Waals surface area contributed by atoms with Gasteiger partial charge >= 0.3 is 6.18 Å². The average molecular weight is 380 g/mol. The largest absolute Gasteiger partial charge is 0.494 e. The molecule has 1 aromatic carbocycles. The van der Waals surface area contributed by atoms with E-state index in [-0.39, 0.29) is 21.9 Å². The van der Waals surface area contributed by atoms with Gasteiger partial charge in [-0.3, -0.25) is 0 Å². The van der Waals surface area contributed by atoms with Gasteiger partial charge < -0.3 is 14.7 Å². The number of aliphatic hydroxyl groups is 1. The molecule has 0 spiro atoms. The molecule has 138 valence electrons. The van der Waals surface area contributed by atoms with Crippen molar-refractivity contribution in [2.45, 2.75) is 24.6 Å². The Balaban J connectivity index is 2.60. The number of alkyl halides is 3. The molecule has 3 nitrogen and oxygen atoms in total. The Morgan fingerprint density at radius 2 is 1.96 bits per heavy atom. The van der Waals surface area contributed by atoms with Crippen LogP contribution in [0.5, 0.6) is 5.75 Å². The molecule has 0 radical (unpaired) electrons. The summed E-state index contributed by atoms with van der Waals surface area (Å²) in [6.07, 6.45) is -1.05. The minimum atomic E-state index is -5.00. The first-order valence-electron chi connectivity index (χ1n) is 7.43. The molecule has 2 atom stereocenters. The molecular formula is C17H18ClF4NO2. The first-order valence-corrected chi connectivity index (χ1v) is 7.81. The zero-order valence-electron chi connectivity index (χ0n) is 13.9. The third-order valence-electron chi connectivity index (χ3n) is 4.29. The molecule has 25 heavy (non-hydrogen) atoms. The Morgan fingerprint density at radius 3 is 2.48 bits per heavy atom. The van der Waals surface area contributed by atoms with Crippen LogP contribution in [0.4, 0.5) is 17.6 Å². The zero-order valence-corrected chi connectivity index (χ0v) is 14.6. The minimum Gasteiger partial charge on any atom is -0.494 e. The van der Waals surface area contributed by atoms with Crippen LogP contribution in [0.25, 0.3) is 0 Å². The van der Waals surface area contributed by atoms with E-state index in [0.717, 1.165) is 19.1 Å². The molecule has 0 aliphatic carbocycles. The van der Waals surface area contributed by atoms with Gasteiger partial charge in [0.15, 0.2) is 17.2 Å². The van der Waals surface area contributed by atoms with E-state index < -0.39 is 23.5 Å². The maximum absolute atomic E-state index is 14.0. The summed E-state index contributed by atoms with van der Waals surface area (Å²) in [5.74, 6) is -2.60. The van der Waals surface area contributed by atoms with E-state index in [4.69, 9.17) is 16.3 Å². The highest BCUT2D eigenvalue weighted by atomic mass is 35.5. The van der Waals surface area contributed by atoms with Crippen LogP contribution in [0.1, 0.15) is 18.4 Å². The van der Waals surface area contributed by atoms with E-state index >= 15 is 0 Å². The first-order chi connectivity index (χ1) is 11.5. The number of ether oxygens (including phenoxy) is 1. The Kier molecular flexibility index (Phi) is 5.39. The molecule has 1 heterocycles. The van der Waals surface area contributed by atoms with Crippen molar-refractivity contribution in [2.24, 2.45) is 0 Å². The van der Waals surface area contributed by atoms with Crippen LogP contribution < -0.4 is 4.74 Å². The van der Waals surface area contributed by atoms with Crippen LogP contribution in [0.15, 0.2) is 36.1 Å².